The molecule has 2 atom stereocenters. The van der Waals surface area contributed by atoms with E-state index in [2.05, 4.69) is 10.0 Å². The number of hydrogen-bond acceptors (Lipinski definition) is 4. The molecule has 2 rings (SSSR count). The molecule has 27 heavy (non-hydrogen) atoms. The fraction of sp³-hybridized carbons (Fsp3) is 0.579. The lowest BCUT2D eigenvalue weighted by atomic mass is 9.73. The summed E-state index contributed by atoms with van der Waals surface area (Å²) in [4.78, 5) is 24.2. The third kappa shape index (κ3) is 5.29. The van der Waals surface area contributed by atoms with E-state index in [0.717, 1.165) is 12.8 Å². The predicted molar refractivity (Wildman–Crippen MR) is 102 cm³/mol. The summed E-state index contributed by atoms with van der Waals surface area (Å²) in [7, 11) is -3.62. The van der Waals surface area contributed by atoms with Gasteiger partial charge in [-0.05, 0) is 49.9 Å². The van der Waals surface area contributed by atoms with E-state index in [9.17, 15) is 23.1 Å². The third-order valence-corrected chi connectivity index (χ3v) is 6.45. The topological polar surface area (TPSA) is 113 Å². The normalized spacial score (nSPS) is 23.2. The van der Waals surface area contributed by atoms with Gasteiger partial charge in [-0.1, -0.05) is 26.7 Å². The predicted octanol–water partition coefficient (Wildman–Crippen LogP) is 2.38. The van der Waals surface area contributed by atoms with Crippen molar-refractivity contribution in [3.8, 4) is 0 Å². The highest BCUT2D eigenvalue weighted by molar-refractivity contribution is 7.89. The molecule has 0 spiro atoms. The summed E-state index contributed by atoms with van der Waals surface area (Å²) < 4.78 is 27.0. The van der Waals surface area contributed by atoms with Gasteiger partial charge in [0.1, 0.15) is 0 Å². The molecule has 0 heterocycles. The minimum Gasteiger partial charge on any atom is -0.481 e. The first-order chi connectivity index (χ1) is 12.5. The number of amides is 1. The average Bonchev–Trinajstić information content (AvgIpc) is 2.60. The Bertz CT molecular complexity index is 789. The summed E-state index contributed by atoms with van der Waals surface area (Å²) in [5.74, 6) is -1.75. The largest absolute Gasteiger partial charge is 0.481 e. The zero-order chi connectivity index (χ0) is 20.2. The van der Waals surface area contributed by atoms with Crippen LogP contribution in [-0.2, 0) is 14.8 Å². The van der Waals surface area contributed by atoms with Crippen LogP contribution in [0.1, 0.15) is 56.8 Å². The minimum absolute atomic E-state index is 0.0898. The van der Waals surface area contributed by atoms with Gasteiger partial charge >= 0.3 is 5.97 Å². The molecular weight excluding hydrogens is 368 g/mol. The Morgan fingerprint density at radius 2 is 1.85 bits per heavy atom. The maximum atomic E-state index is 12.6. The monoisotopic (exact) mass is 396 g/mol. The lowest BCUT2D eigenvalue weighted by molar-refractivity contribution is -0.145. The van der Waals surface area contributed by atoms with Crippen molar-refractivity contribution in [3.63, 3.8) is 0 Å². The van der Waals surface area contributed by atoms with Crippen LogP contribution in [0, 0.1) is 11.8 Å². The number of aliphatic carboxylic acids is 1. The molecule has 0 saturated heterocycles. The van der Waals surface area contributed by atoms with Gasteiger partial charge in [-0.2, -0.15) is 0 Å². The highest BCUT2D eigenvalue weighted by Gasteiger charge is 2.42. The molecule has 1 aliphatic rings. The molecule has 1 aromatic carbocycles. The van der Waals surface area contributed by atoms with E-state index in [1.165, 1.54) is 24.3 Å². The van der Waals surface area contributed by atoms with Crippen LogP contribution in [-0.4, -0.2) is 37.5 Å². The molecule has 0 aliphatic heterocycles. The number of carboxylic acids is 1. The lowest BCUT2D eigenvalue weighted by Gasteiger charge is -2.39. The summed E-state index contributed by atoms with van der Waals surface area (Å²) in [6, 6.07) is 5.66. The van der Waals surface area contributed by atoms with Crippen LogP contribution >= 0.6 is 0 Å². The SMILES string of the molecule is CC(C)CNS(=O)(=O)c1ccc(C(=O)NC2(C)CCCCC2C(=O)O)cc1. The van der Waals surface area contributed by atoms with Crippen molar-refractivity contribution in [1.82, 2.24) is 10.0 Å². The summed E-state index contributed by atoms with van der Waals surface area (Å²) in [6.07, 6.45) is 2.82. The fourth-order valence-electron chi connectivity index (χ4n) is 3.36. The second kappa shape index (κ2) is 8.39. The molecule has 150 valence electrons. The van der Waals surface area contributed by atoms with Crippen LogP contribution in [0.25, 0.3) is 0 Å². The van der Waals surface area contributed by atoms with Gasteiger partial charge in [0, 0.05) is 12.1 Å². The number of carboxylic acid groups (broad SMARTS) is 1. The Balaban J connectivity index is 2.12. The summed E-state index contributed by atoms with van der Waals surface area (Å²) in [6.45, 7) is 5.91. The van der Waals surface area contributed by atoms with Crippen molar-refractivity contribution in [3.05, 3.63) is 29.8 Å². The molecule has 0 aromatic heterocycles. The lowest BCUT2D eigenvalue weighted by Crippen LogP contribution is -2.55. The number of benzene rings is 1. The highest BCUT2D eigenvalue weighted by atomic mass is 32.2. The van der Waals surface area contributed by atoms with E-state index in [1.807, 2.05) is 13.8 Å². The molecule has 3 N–H and O–H groups in total. The van der Waals surface area contributed by atoms with Gasteiger partial charge in [0.05, 0.1) is 16.4 Å². The molecule has 8 heteroatoms. The molecule has 0 bridgehead atoms. The van der Waals surface area contributed by atoms with Gasteiger partial charge in [-0.25, -0.2) is 13.1 Å². The van der Waals surface area contributed by atoms with E-state index in [-0.39, 0.29) is 10.8 Å². The van der Waals surface area contributed by atoms with E-state index in [0.29, 0.717) is 24.9 Å². The van der Waals surface area contributed by atoms with Crippen LogP contribution in [0.4, 0.5) is 0 Å². The van der Waals surface area contributed by atoms with Crippen LogP contribution < -0.4 is 10.0 Å². The number of hydrogen-bond donors (Lipinski definition) is 3. The summed E-state index contributed by atoms with van der Waals surface area (Å²) in [5, 5.41) is 12.3. The first kappa shape index (κ1) is 21.4. The maximum absolute atomic E-state index is 12.6. The molecule has 1 saturated carbocycles. The number of carbonyl (C=O) groups excluding carboxylic acids is 1. The Morgan fingerprint density at radius 3 is 2.41 bits per heavy atom. The Kier molecular flexibility index (Phi) is 6.64. The van der Waals surface area contributed by atoms with Crippen molar-refractivity contribution >= 4 is 21.9 Å². The van der Waals surface area contributed by atoms with Crippen molar-refractivity contribution in [2.24, 2.45) is 11.8 Å². The van der Waals surface area contributed by atoms with Crippen LogP contribution in [0.2, 0.25) is 0 Å². The molecule has 1 aromatic rings. The molecule has 0 radical (unpaired) electrons. The molecule has 1 fully saturated rings. The molecular formula is C19H28N2O5S. The molecule has 1 amide bonds. The van der Waals surface area contributed by atoms with E-state index >= 15 is 0 Å². The number of sulfonamides is 1. The van der Waals surface area contributed by atoms with Gasteiger partial charge in [-0.15, -0.1) is 0 Å². The first-order valence-corrected chi connectivity index (χ1v) is 10.7. The van der Waals surface area contributed by atoms with Crippen molar-refractivity contribution in [1.29, 1.82) is 0 Å². The van der Waals surface area contributed by atoms with Crippen LogP contribution in [0.5, 0.6) is 0 Å². The minimum atomic E-state index is -3.62. The van der Waals surface area contributed by atoms with E-state index < -0.39 is 33.4 Å². The van der Waals surface area contributed by atoms with E-state index in [1.54, 1.807) is 6.92 Å². The van der Waals surface area contributed by atoms with Gasteiger partial charge in [-0.3, -0.25) is 9.59 Å². The van der Waals surface area contributed by atoms with Gasteiger partial charge in [0.25, 0.3) is 5.91 Å². The number of carbonyl (C=O) groups is 2. The quantitative estimate of drug-likeness (QED) is 0.655. The highest BCUT2D eigenvalue weighted by Crippen LogP contribution is 2.34. The van der Waals surface area contributed by atoms with E-state index in [4.69, 9.17) is 0 Å². The molecule has 7 nitrogen and oxygen atoms in total. The molecule has 2 unspecified atom stereocenters. The Hall–Kier alpha value is -1.93. The summed E-state index contributed by atoms with van der Waals surface area (Å²) in [5.41, 5.74) is -0.515. The van der Waals surface area contributed by atoms with Crippen LogP contribution in [0.15, 0.2) is 29.2 Å². The molecule has 1 aliphatic carbocycles. The number of rotatable bonds is 7. The smallest absolute Gasteiger partial charge is 0.308 e. The zero-order valence-corrected chi connectivity index (χ0v) is 16.8. The zero-order valence-electron chi connectivity index (χ0n) is 16.0. The second-order valence-corrected chi connectivity index (χ2v) is 9.55. The standard InChI is InChI=1S/C19H28N2O5S/c1-13(2)12-20-27(25,26)15-9-7-14(8-10-15)17(22)21-19(3)11-5-4-6-16(19)18(23)24/h7-10,13,16,20H,4-6,11-12H2,1-3H3,(H,21,22)(H,23,24). The number of nitrogens with one attached hydrogen (secondary N) is 2. The van der Waals surface area contributed by atoms with Crippen molar-refractivity contribution in [2.45, 2.75) is 56.9 Å². The summed E-state index contributed by atoms with van der Waals surface area (Å²) >= 11 is 0. The average molecular weight is 397 g/mol. The van der Waals surface area contributed by atoms with Gasteiger partial charge in [0.2, 0.25) is 10.0 Å². The van der Waals surface area contributed by atoms with Gasteiger partial charge in [0.15, 0.2) is 0 Å². The van der Waals surface area contributed by atoms with Crippen molar-refractivity contribution < 1.29 is 23.1 Å². The van der Waals surface area contributed by atoms with Crippen LogP contribution in [0.3, 0.4) is 0 Å². The Labute approximate surface area is 160 Å². The maximum Gasteiger partial charge on any atom is 0.308 e. The third-order valence-electron chi connectivity index (χ3n) is 5.01. The Morgan fingerprint density at radius 1 is 1.22 bits per heavy atom. The second-order valence-electron chi connectivity index (χ2n) is 7.78. The fourth-order valence-corrected chi connectivity index (χ4v) is 4.57. The first-order valence-electron chi connectivity index (χ1n) is 9.20. The van der Waals surface area contributed by atoms with Crippen molar-refractivity contribution in [2.75, 3.05) is 6.54 Å². The van der Waals surface area contributed by atoms with Gasteiger partial charge < -0.3 is 10.4 Å².